The number of aromatic nitrogens is 1. The third-order valence-electron chi connectivity index (χ3n) is 4.69. The summed E-state index contributed by atoms with van der Waals surface area (Å²) in [5.74, 6) is 1.31. The average Bonchev–Trinajstić information content (AvgIpc) is 3.19. The van der Waals surface area contributed by atoms with Crippen molar-refractivity contribution in [3.63, 3.8) is 0 Å². The normalized spacial score (nSPS) is 14.0. The van der Waals surface area contributed by atoms with Gasteiger partial charge in [-0.3, -0.25) is 4.79 Å². The molecule has 6 nitrogen and oxygen atoms in total. The van der Waals surface area contributed by atoms with Crippen molar-refractivity contribution >= 4 is 29.0 Å². The Morgan fingerprint density at radius 3 is 2.62 bits per heavy atom. The Morgan fingerprint density at radius 2 is 1.90 bits per heavy atom. The molecule has 7 heteroatoms. The summed E-state index contributed by atoms with van der Waals surface area (Å²) in [6, 6.07) is 17.5. The molecule has 0 radical (unpaired) electrons. The quantitative estimate of drug-likeness (QED) is 0.610. The van der Waals surface area contributed by atoms with Crippen LogP contribution in [0.4, 0.5) is 11.4 Å². The molecule has 2 heterocycles. The van der Waals surface area contributed by atoms with E-state index in [0.29, 0.717) is 11.3 Å². The zero-order valence-electron chi connectivity index (χ0n) is 16.3. The molecule has 1 fully saturated rings. The number of aryl methyl sites for hydroxylation is 1. The van der Waals surface area contributed by atoms with Crippen LogP contribution in [0.1, 0.15) is 21.8 Å². The van der Waals surface area contributed by atoms with Gasteiger partial charge in [0.15, 0.2) is 0 Å². The fourth-order valence-electron chi connectivity index (χ4n) is 3.19. The van der Waals surface area contributed by atoms with Crippen LogP contribution in [0.15, 0.2) is 64.0 Å². The van der Waals surface area contributed by atoms with Gasteiger partial charge in [0, 0.05) is 41.2 Å². The highest BCUT2D eigenvalue weighted by Crippen LogP contribution is 2.27. The number of amides is 1. The fourth-order valence-corrected chi connectivity index (χ4v) is 4.12. The molecule has 0 saturated carbocycles. The van der Waals surface area contributed by atoms with Crippen molar-refractivity contribution in [3.8, 4) is 0 Å². The second kappa shape index (κ2) is 9.15. The minimum absolute atomic E-state index is 0.122. The minimum atomic E-state index is -0.122. The summed E-state index contributed by atoms with van der Waals surface area (Å²) in [5.41, 5.74) is 3.43. The number of carbonyl (C=O) groups is 1. The highest BCUT2D eigenvalue weighted by Gasteiger charge is 2.14. The Balaban J connectivity index is 1.41. The van der Waals surface area contributed by atoms with Crippen LogP contribution in [0.25, 0.3) is 0 Å². The molecular formula is C22H23N3O3S. The first-order valence-corrected chi connectivity index (χ1v) is 10.6. The monoisotopic (exact) mass is 409 g/mol. The van der Waals surface area contributed by atoms with Crippen LogP contribution in [0, 0.1) is 6.92 Å². The molecule has 1 N–H and O–H groups in total. The Labute approximate surface area is 174 Å². The molecule has 1 aliphatic heterocycles. The molecule has 1 aliphatic rings. The van der Waals surface area contributed by atoms with E-state index in [1.807, 2.05) is 61.5 Å². The Bertz CT molecular complexity index is 965. The first kappa shape index (κ1) is 19.5. The molecule has 0 bridgehead atoms. The van der Waals surface area contributed by atoms with Crippen molar-refractivity contribution in [2.45, 2.75) is 17.6 Å². The molecule has 1 saturated heterocycles. The number of hydrogen-bond acceptors (Lipinski definition) is 6. The van der Waals surface area contributed by atoms with Crippen LogP contribution >= 0.6 is 11.8 Å². The highest BCUT2D eigenvalue weighted by atomic mass is 32.2. The summed E-state index contributed by atoms with van der Waals surface area (Å²) in [4.78, 5) is 16.0. The minimum Gasteiger partial charge on any atom is -0.378 e. The van der Waals surface area contributed by atoms with Gasteiger partial charge >= 0.3 is 0 Å². The van der Waals surface area contributed by atoms with E-state index in [1.54, 1.807) is 11.8 Å². The number of nitrogens with one attached hydrogen (secondary N) is 1. The maximum absolute atomic E-state index is 12.9. The van der Waals surface area contributed by atoms with E-state index in [0.717, 1.165) is 54.0 Å². The van der Waals surface area contributed by atoms with Gasteiger partial charge in [0.05, 0.1) is 24.5 Å². The predicted molar refractivity (Wildman–Crippen MR) is 115 cm³/mol. The van der Waals surface area contributed by atoms with Crippen LogP contribution in [-0.4, -0.2) is 37.4 Å². The summed E-state index contributed by atoms with van der Waals surface area (Å²) in [6.07, 6.45) is 0. The summed E-state index contributed by atoms with van der Waals surface area (Å²) in [5, 5.41) is 7.01. The van der Waals surface area contributed by atoms with Gasteiger partial charge in [-0.15, -0.1) is 11.8 Å². The summed E-state index contributed by atoms with van der Waals surface area (Å²) in [6.45, 7) is 5.15. The molecule has 3 aromatic rings. The number of carbonyl (C=O) groups excluding carboxylic acids is 1. The van der Waals surface area contributed by atoms with E-state index in [2.05, 4.69) is 15.4 Å². The predicted octanol–water partition coefficient (Wildman–Crippen LogP) is 4.36. The highest BCUT2D eigenvalue weighted by molar-refractivity contribution is 7.98. The number of rotatable bonds is 6. The van der Waals surface area contributed by atoms with E-state index >= 15 is 0 Å². The van der Waals surface area contributed by atoms with Gasteiger partial charge in [-0.05, 0) is 43.3 Å². The standard InChI is InChI=1S/C22H23N3O3S/c1-16-14-18(24-28-16)15-29-21-5-3-2-4-20(21)22(26)23-17-6-8-19(9-7-17)25-10-12-27-13-11-25/h2-9,14H,10-13,15H2,1H3,(H,23,26). The van der Waals surface area contributed by atoms with Crippen LogP contribution in [0.5, 0.6) is 0 Å². The smallest absolute Gasteiger partial charge is 0.256 e. The van der Waals surface area contributed by atoms with Crippen molar-refractivity contribution in [1.82, 2.24) is 5.16 Å². The Morgan fingerprint density at radius 1 is 1.14 bits per heavy atom. The Kier molecular flexibility index (Phi) is 6.17. The maximum Gasteiger partial charge on any atom is 0.256 e. The van der Waals surface area contributed by atoms with Crippen LogP contribution in [-0.2, 0) is 10.5 Å². The number of nitrogens with zero attached hydrogens (tertiary/aromatic N) is 2. The number of benzene rings is 2. The molecule has 1 aromatic heterocycles. The SMILES string of the molecule is Cc1cc(CSc2ccccc2C(=O)Nc2ccc(N3CCOCC3)cc2)no1. The molecule has 2 aromatic carbocycles. The third-order valence-corrected chi connectivity index (χ3v) is 5.79. The summed E-state index contributed by atoms with van der Waals surface area (Å²) < 4.78 is 10.5. The van der Waals surface area contributed by atoms with Gasteiger partial charge in [0.25, 0.3) is 5.91 Å². The van der Waals surface area contributed by atoms with Gasteiger partial charge in [-0.25, -0.2) is 0 Å². The molecule has 0 aliphatic carbocycles. The van der Waals surface area contributed by atoms with Gasteiger partial charge in [0.1, 0.15) is 5.76 Å². The molecule has 0 unspecified atom stereocenters. The molecule has 150 valence electrons. The number of hydrogen-bond donors (Lipinski definition) is 1. The molecule has 29 heavy (non-hydrogen) atoms. The molecule has 0 spiro atoms. The molecular weight excluding hydrogens is 386 g/mol. The fraction of sp³-hybridized carbons (Fsp3) is 0.273. The van der Waals surface area contributed by atoms with Gasteiger partial charge in [-0.1, -0.05) is 17.3 Å². The van der Waals surface area contributed by atoms with Gasteiger partial charge in [0.2, 0.25) is 0 Å². The van der Waals surface area contributed by atoms with Crippen molar-refractivity contribution in [2.75, 3.05) is 36.5 Å². The number of thioether (sulfide) groups is 1. The number of morpholine rings is 1. The summed E-state index contributed by atoms with van der Waals surface area (Å²) >= 11 is 1.57. The Hall–Kier alpha value is -2.77. The van der Waals surface area contributed by atoms with E-state index in [1.165, 1.54) is 0 Å². The first-order valence-electron chi connectivity index (χ1n) is 9.57. The second-order valence-corrected chi connectivity index (χ2v) is 7.83. The van der Waals surface area contributed by atoms with Crippen molar-refractivity contribution < 1.29 is 14.1 Å². The average molecular weight is 410 g/mol. The van der Waals surface area contributed by atoms with Crippen molar-refractivity contribution in [2.24, 2.45) is 0 Å². The molecule has 0 atom stereocenters. The second-order valence-electron chi connectivity index (χ2n) is 6.81. The van der Waals surface area contributed by atoms with E-state index in [-0.39, 0.29) is 5.91 Å². The van der Waals surface area contributed by atoms with Crippen molar-refractivity contribution in [1.29, 1.82) is 0 Å². The van der Waals surface area contributed by atoms with E-state index in [9.17, 15) is 4.79 Å². The lowest BCUT2D eigenvalue weighted by molar-refractivity contribution is 0.102. The zero-order valence-corrected chi connectivity index (χ0v) is 17.1. The summed E-state index contributed by atoms with van der Waals surface area (Å²) in [7, 11) is 0. The maximum atomic E-state index is 12.9. The zero-order chi connectivity index (χ0) is 20.1. The van der Waals surface area contributed by atoms with Crippen LogP contribution in [0.2, 0.25) is 0 Å². The third kappa shape index (κ3) is 4.99. The number of anilines is 2. The van der Waals surface area contributed by atoms with E-state index < -0.39 is 0 Å². The lowest BCUT2D eigenvalue weighted by atomic mass is 10.2. The molecule has 4 rings (SSSR count). The molecule has 1 amide bonds. The topological polar surface area (TPSA) is 67.6 Å². The van der Waals surface area contributed by atoms with Gasteiger partial charge < -0.3 is 19.5 Å². The van der Waals surface area contributed by atoms with Crippen molar-refractivity contribution in [3.05, 3.63) is 71.6 Å². The van der Waals surface area contributed by atoms with Crippen LogP contribution < -0.4 is 10.2 Å². The number of ether oxygens (including phenoxy) is 1. The lowest BCUT2D eigenvalue weighted by Crippen LogP contribution is -2.36. The van der Waals surface area contributed by atoms with Gasteiger partial charge in [-0.2, -0.15) is 0 Å². The van der Waals surface area contributed by atoms with Crippen LogP contribution in [0.3, 0.4) is 0 Å². The lowest BCUT2D eigenvalue weighted by Gasteiger charge is -2.28. The van der Waals surface area contributed by atoms with E-state index in [4.69, 9.17) is 9.26 Å². The first-order chi connectivity index (χ1) is 14.2. The largest absolute Gasteiger partial charge is 0.378 e.